The Hall–Kier alpha value is -0.320. The Labute approximate surface area is 96.6 Å². The molecule has 2 aliphatic rings. The smallest absolute Gasteiger partial charge is 0.223 e. The van der Waals surface area contributed by atoms with Gasteiger partial charge in [-0.2, -0.15) is 0 Å². The summed E-state index contributed by atoms with van der Waals surface area (Å²) in [5.74, 6) is 0.373. The molecule has 4 nitrogen and oxygen atoms in total. The van der Waals surface area contributed by atoms with Crippen LogP contribution in [0.3, 0.4) is 0 Å². The van der Waals surface area contributed by atoms with Gasteiger partial charge >= 0.3 is 0 Å². The van der Waals surface area contributed by atoms with Crippen LogP contribution < -0.4 is 16.8 Å². The molecule has 2 rings (SSSR count). The number of nitrogens with two attached hydrogens (primary N) is 2. The Bertz CT molecular complexity index is 229. The fourth-order valence-electron chi connectivity index (χ4n) is 2.06. The van der Waals surface area contributed by atoms with Gasteiger partial charge in [-0.05, 0) is 32.1 Å². The predicted molar refractivity (Wildman–Crippen MR) is 61.7 cm³/mol. The molecule has 0 radical (unpaired) electrons. The van der Waals surface area contributed by atoms with Gasteiger partial charge in [-0.15, -0.1) is 12.4 Å². The van der Waals surface area contributed by atoms with Crippen molar-refractivity contribution < 1.29 is 4.79 Å². The lowest BCUT2D eigenvalue weighted by molar-refractivity contribution is -0.126. The SMILES string of the molecule is Cl.NC1CCC(C(=O)NC2CC2N)CC1. The maximum atomic E-state index is 11.7. The van der Waals surface area contributed by atoms with Gasteiger partial charge in [0.1, 0.15) is 0 Å². The molecule has 0 aromatic heterocycles. The van der Waals surface area contributed by atoms with E-state index in [2.05, 4.69) is 5.32 Å². The summed E-state index contributed by atoms with van der Waals surface area (Å²) in [5, 5.41) is 2.98. The van der Waals surface area contributed by atoms with E-state index in [4.69, 9.17) is 11.5 Å². The van der Waals surface area contributed by atoms with Crippen LogP contribution in [0.2, 0.25) is 0 Å². The van der Waals surface area contributed by atoms with Gasteiger partial charge in [-0.25, -0.2) is 0 Å². The molecule has 2 fully saturated rings. The number of carbonyl (C=O) groups excluding carboxylic acids is 1. The molecule has 0 saturated heterocycles. The highest BCUT2D eigenvalue weighted by Crippen LogP contribution is 2.25. The van der Waals surface area contributed by atoms with Crippen LogP contribution in [0.5, 0.6) is 0 Å². The van der Waals surface area contributed by atoms with E-state index in [0.717, 1.165) is 32.1 Å². The topological polar surface area (TPSA) is 81.1 Å². The lowest BCUT2D eigenvalue weighted by Crippen LogP contribution is -2.38. The van der Waals surface area contributed by atoms with Crippen molar-refractivity contribution in [1.82, 2.24) is 5.32 Å². The van der Waals surface area contributed by atoms with Crippen LogP contribution in [-0.4, -0.2) is 24.0 Å². The summed E-state index contributed by atoms with van der Waals surface area (Å²) in [6.07, 6.45) is 4.78. The maximum absolute atomic E-state index is 11.7. The Morgan fingerprint density at radius 3 is 2.13 bits per heavy atom. The number of hydrogen-bond donors (Lipinski definition) is 3. The fourth-order valence-corrected chi connectivity index (χ4v) is 2.06. The van der Waals surface area contributed by atoms with Gasteiger partial charge in [0.2, 0.25) is 5.91 Å². The largest absolute Gasteiger partial charge is 0.352 e. The van der Waals surface area contributed by atoms with Crippen LogP contribution in [0.15, 0.2) is 0 Å². The minimum Gasteiger partial charge on any atom is -0.352 e. The zero-order chi connectivity index (χ0) is 10.1. The first-order valence-electron chi connectivity index (χ1n) is 5.48. The van der Waals surface area contributed by atoms with Gasteiger partial charge in [-0.3, -0.25) is 4.79 Å². The number of halogens is 1. The Kier molecular flexibility index (Phi) is 4.37. The van der Waals surface area contributed by atoms with Crippen LogP contribution in [0.25, 0.3) is 0 Å². The third kappa shape index (κ3) is 3.33. The maximum Gasteiger partial charge on any atom is 0.223 e. The van der Waals surface area contributed by atoms with Crippen molar-refractivity contribution in [3.05, 3.63) is 0 Å². The van der Waals surface area contributed by atoms with Crippen molar-refractivity contribution in [2.45, 2.75) is 50.2 Å². The second kappa shape index (κ2) is 5.14. The van der Waals surface area contributed by atoms with Crippen LogP contribution >= 0.6 is 12.4 Å². The molecule has 0 heterocycles. The number of amides is 1. The summed E-state index contributed by atoms with van der Waals surface area (Å²) >= 11 is 0. The summed E-state index contributed by atoms with van der Waals surface area (Å²) in [7, 11) is 0. The molecule has 0 spiro atoms. The lowest BCUT2D eigenvalue weighted by atomic mass is 9.86. The summed E-state index contributed by atoms with van der Waals surface area (Å²) < 4.78 is 0. The molecule has 2 aliphatic carbocycles. The highest BCUT2D eigenvalue weighted by Gasteiger charge is 2.36. The first kappa shape index (κ1) is 12.7. The zero-order valence-electron chi connectivity index (χ0n) is 8.82. The normalized spacial score (nSPS) is 39.1. The van der Waals surface area contributed by atoms with Crippen LogP contribution in [0.1, 0.15) is 32.1 Å². The summed E-state index contributed by atoms with van der Waals surface area (Å²) in [5.41, 5.74) is 11.4. The van der Waals surface area contributed by atoms with Gasteiger partial charge in [-0.1, -0.05) is 0 Å². The molecule has 1 amide bonds. The number of rotatable bonds is 2. The molecule has 2 saturated carbocycles. The first-order valence-corrected chi connectivity index (χ1v) is 5.48. The molecular formula is C10H20ClN3O. The lowest BCUT2D eigenvalue weighted by Gasteiger charge is -2.25. The van der Waals surface area contributed by atoms with Gasteiger partial charge in [0.15, 0.2) is 0 Å². The predicted octanol–water partition coefficient (Wildman–Crippen LogP) is 0.141. The average molecular weight is 234 g/mol. The molecule has 0 aromatic rings. The third-order valence-electron chi connectivity index (χ3n) is 3.31. The molecular weight excluding hydrogens is 214 g/mol. The summed E-state index contributed by atoms with van der Waals surface area (Å²) in [6, 6.07) is 0.755. The van der Waals surface area contributed by atoms with E-state index in [1.54, 1.807) is 0 Å². The van der Waals surface area contributed by atoms with E-state index in [1.807, 2.05) is 0 Å². The van der Waals surface area contributed by atoms with Gasteiger partial charge < -0.3 is 16.8 Å². The Morgan fingerprint density at radius 1 is 1.13 bits per heavy atom. The summed E-state index contributed by atoms with van der Waals surface area (Å²) in [4.78, 5) is 11.7. The van der Waals surface area contributed by atoms with E-state index in [-0.39, 0.29) is 36.3 Å². The van der Waals surface area contributed by atoms with Crippen molar-refractivity contribution in [3.8, 4) is 0 Å². The third-order valence-corrected chi connectivity index (χ3v) is 3.31. The van der Waals surface area contributed by atoms with Crippen molar-refractivity contribution in [3.63, 3.8) is 0 Å². The van der Waals surface area contributed by atoms with Crippen molar-refractivity contribution in [2.75, 3.05) is 0 Å². The zero-order valence-corrected chi connectivity index (χ0v) is 9.63. The van der Waals surface area contributed by atoms with E-state index < -0.39 is 0 Å². The monoisotopic (exact) mass is 233 g/mol. The van der Waals surface area contributed by atoms with E-state index >= 15 is 0 Å². The molecule has 2 atom stereocenters. The van der Waals surface area contributed by atoms with Crippen molar-refractivity contribution in [2.24, 2.45) is 17.4 Å². The quantitative estimate of drug-likeness (QED) is 0.635. The Morgan fingerprint density at radius 2 is 1.67 bits per heavy atom. The number of nitrogens with one attached hydrogen (secondary N) is 1. The number of hydrogen-bond acceptors (Lipinski definition) is 3. The second-order valence-electron chi connectivity index (χ2n) is 4.63. The van der Waals surface area contributed by atoms with Crippen LogP contribution in [0, 0.1) is 5.92 Å². The standard InChI is InChI=1S/C10H19N3O.ClH/c11-7-3-1-6(2-4-7)10(14)13-9-5-8(9)12;/h6-9H,1-5,11-12H2,(H,13,14);1H. The highest BCUT2D eigenvalue weighted by molar-refractivity contribution is 5.85. The van der Waals surface area contributed by atoms with Gasteiger partial charge in [0.25, 0.3) is 0 Å². The van der Waals surface area contributed by atoms with Crippen LogP contribution in [0.4, 0.5) is 0 Å². The number of carbonyl (C=O) groups is 1. The fraction of sp³-hybridized carbons (Fsp3) is 0.900. The molecule has 0 aromatic carbocycles. The highest BCUT2D eigenvalue weighted by atomic mass is 35.5. The van der Waals surface area contributed by atoms with E-state index in [1.165, 1.54) is 0 Å². The first-order chi connectivity index (χ1) is 6.66. The molecule has 5 heteroatoms. The van der Waals surface area contributed by atoms with E-state index in [9.17, 15) is 4.79 Å². The Balaban J connectivity index is 0.00000112. The average Bonchev–Trinajstić information content (AvgIpc) is 2.82. The van der Waals surface area contributed by atoms with Crippen molar-refractivity contribution >= 4 is 18.3 Å². The van der Waals surface area contributed by atoms with Crippen molar-refractivity contribution in [1.29, 1.82) is 0 Å². The molecule has 0 aliphatic heterocycles. The molecule has 5 N–H and O–H groups in total. The van der Waals surface area contributed by atoms with E-state index in [0.29, 0.717) is 6.04 Å². The molecule has 15 heavy (non-hydrogen) atoms. The van der Waals surface area contributed by atoms with Gasteiger partial charge in [0.05, 0.1) is 0 Å². The molecule has 0 bridgehead atoms. The molecule has 88 valence electrons. The summed E-state index contributed by atoms with van der Waals surface area (Å²) in [6.45, 7) is 0. The minimum atomic E-state index is 0. The second-order valence-corrected chi connectivity index (χ2v) is 4.63. The minimum absolute atomic E-state index is 0. The molecule has 2 unspecified atom stereocenters. The van der Waals surface area contributed by atoms with Crippen LogP contribution in [-0.2, 0) is 4.79 Å². The van der Waals surface area contributed by atoms with Gasteiger partial charge in [0, 0.05) is 24.0 Å².